The van der Waals surface area contributed by atoms with Crippen molar-refractivity contribution in [2.45, 2.75) is 43.0 Å². The molecular formula is C21H15ClF5N3O4S. The molecule has 35 heavy (non-hydrogen) atoms. The Morgan fingerprint density at radius 1 is 1.06 bits per heavy atom. The van der Waals surface area contributed by atoms with Gasteiger partial charge >= 0.3 is 5.97 Å². The number of hydrogen-bond acceptors (Lipinski definition) is 6. The van der Waals surface area contributed by atoms with Gasteiger partial charge in [0.05, 0.1) is 25.9 Å². The molecule has 1 heterocycles. The van der Waals surface area contributed by atoms with Crippen molar-refractivity contribution in [1.29, 1.82) is 0 Å². The highest BCUT2D eigenvalue weighted by Crippen LogP contribution is 2.43. The van der Waals surface area contributed by atoms with Gasteiger partial charge in [-0.25, -0.2) is 31.4 Å². The molecule has 0 saturated carbocycles. The van der Waals surface area contributed by atoms with Crippen LogP contribution in [0.15, 0.2) is 28.0 Å². The lowest BCUT2D eigenvalue weighted by Gasteiger charge is -2.22. The van der Waals surface area contributed by atoms with Gasteiger partial charge in [-0.1, -0.05) is 23.4 Å². The SMILES string of the molecule is Cc1nn(C(C)(C)C)c(OC(=O)c2cc(Cl)ccc2[N+](=O)[O-])c1Sc1c(F)c(F)c(F)c(F)c1F. The summed E-state index contributed by atoms with van der Waals surface area (Å²) in [6.07, 6.45) is 0. The summed E-state index contributed by atoms with van der Waals surface area (Å²) in [6.45, 7) is 6.25. The van der Waals surface area contributed by atoms with Gasteiger partial charge in [0, 0.05) is 11.1 Å². The Bertz CT molecular complexity index is 1350. The van der Waals surface area contributed by atoms with Crippen molar-refractivity contribution < 1.29 is 36.4 Å². The highest BCUT2D eigenvalue weighted by atomic mass is 35.5. The first kappa shape index (κ1) is 26.4. The van der Waals surface area contributed by atoms with E-state index in [1.165, 1.54) is 13.0 Å². The Hall–Kier alpha value is -3.19. The van der Waals surface area contributed by atoms with E-state index in [9.17, 15) is 36.9 Å². The van der Waals surface area contributed by atoms with E-state index in [1.54, 1.807) is 20.8 Å². The lowest BCUT2D eigenvalue weighted by molar-refractivity contribution is -0.385. The van der Waals surface area contributed by atoms with E-state index in [1.807, 2.05) is 0 Å². The van der Waals surface area contributed by atoms with Crippen LogP contribution in [0.5, 0.6) is 5.88 Å². The monoisotopic (exact) mass is 535 g/mol. The second-order valence-electron chi connectivity index (χ2n) is 8.11. The molecule has 0 bridgehead atoms. The molecule has 0 aliphatic carbocycles. The average Bonchev–Trinajstić information content (AvgIpc) is 3.08. The molecular weight excluding hydrogens is 521 g/mol. The fourth-order valence-electron chi connectivity index (χ4n) is 2.90. The maximum absolute atomic E-state index is 14.3. The molecule has 0 amide bonds. The van der Waals surface area contributed by atoms with Crippen LogP contribution >= 0.6 is 23.4 Å². The van der Waals surface area contributed by atoms with Crippen LogP contribution in [0.4, 0.5) is 27.6 Å². The minimum atomic E-state index is -2.33. The van der Waals surface area contributed by atoms with Crippen LogP contribution in [-0.4, -0.2) is 20.7 Å². The molecule has 186 valence electrons. The summed E-state index contributed by atoms with van der Waals surface area (Å²) in [5.41, 5.74) is -2.05. The number of halogens is 6. The standard InChI is InChI=1S/C21H15ClF5N3O4S/c1-8-17(35-18-15(26)13(24)12(23)14(25)16(18)27)19(29(28-8)21(2,3)4)34-20(31)10-7-9(22)5-6-11(10)30(32)33/h5-7H,1-4H3. The first-order valence-electron chi connectivity index (χ1n) is 9.60. The second-order valence-corrected chi connectivity index (χ2v) is 9.57. The van der Waals surface area contributed by atoms with Crippen LogP contribution in [-0.2, 0) is 5.54 Å². The molecule has 14 heteroatoms. The fraction of sp³-hybridized carbons (Fsp3) is 0.238. The third-order valence-corrected chi connectivity index (χ3v) is 6.01. The lowest BCUT2D eigenvalue weighted by Crippen LogP contribution is -2.25. The molecule has 1 aromatic heterocycles. The molecule has 0 unspecified atom stereocenters. The Morgan fingerprint density at radius 3 is 2.11 bits per heavy atom. The summed E-state index contributed by atoms with van der Waals surface area (Å²) in [4.78, 5) is 21.9. The molecule has 0 spiro atoms. The Kier molecular flexibility index (Phi) is 7.14. The molecule has 3 aromatic rings. The lowest BCUT2D eigenvalue weighted by atomic mass is 10.1. The first-order chi connectivity index (χ1) is 16.1. The minimum absolute atomic E-state index is 0.0148. The van der Waals surface area contributed by atoms with Crippen LogP contribution in [0.25, 0.3) is 0 Å². The van der Waals surface area contributed by atoms with Crippen molar-refractivity contribution in [1.82, 2.24) is 9.78 Å². The van der Waals surface area contributed by atoms with Gasteiger partial charge in [0.15, 0.2) is 23.3 Å². The van der Waals surface area contributed by atoms with E-state index in [0.717, 1.165) is 16.8 Å². The normalized spacial score (nSPS) is 11.6. The summed E-state index contributed by atoms with van der Waals surface area (Å²) in [5.74, 6) is -12.5. The van der Waals surface area contributed by atoms with Crippen molar-refractivity contribution in [3.05, 3.63) is 73.7 Å². The topological polar surface area (TPSA) is 87.3 Å². The quantitative estimate of drug-likeness (QED) is 0.0916. The molecule has 0 radical (unpaired) electrons. The number of carbonyl (C=O) groups excluding carboxylic acids is 1. The highest BCUT2D eigenvalue weighted by molar-refractivity contribution is 7.99. The molecule has 0 N–H and O–H groups in total. The van der Waals surface area contributed by atoms with Crippen molar-refractivity contribution in [2.75, 3.05) is 0 Å². The van der Waals surface area contributed by atoms with E-state index in [-0.39, 0.29) is 27.4 Å². The van der Waals surface area contributed by atoms with Crippen molar-refractivity contribution in [3.8, 4) is 5.88 Å². The van der Waals surface area contributed by atoms with E-state index in [4.69, 9.17) is 16.3 Å². The third-order valence-electron chi connectivity index (χ3n) is 4.54. The van der Waals surface area contributed by atoms with Gasteiger partial charge in [-0.05, 0) is 39.8 Å². The van der Waals surface area contributed by atoms with Crippen LogP contribution in [0.3, 0.4) is 0 Å². The van der Waals surface area contributed by atoms with E-state index < -0.39 is 67.5 Å². The fourth-order valence-corrected chi connectivity index (χ4v) is 4.04. The average molecular weight is 536 g/mol. The van der Waals surface area contributed by atoms with Gasteiger partial charge in [-0.2, -0.15) is 5.10 Å². The number of nitro benzene ring substituents is 1. The van der Waals surface area contributed by atoms with E-state index in [0.29, 0.717) is 0 Å². The number of nitro groups is 1. The molecule has 3 rings (SSSR count). The summed E-state index contributed by atoms with van der Waals surface area (Å²) < 4.78 is 76.1. The zero-order chi connectivity index (χ0) is 26.4. The number of nitrogens with zero attached hydrogens (tertiary/aromatic N) is 3. The van der Waals surface area contributed by atoms with Crippen LogP contribution in [0.1, 0.15) is 36.8 Å². The number of hydrogen-bond donors (Lipinski definition) is 0. The van der Waals surface area contributed by atoms with Gasteiger partial charge < -0.3 is 4.74 Å². The van der Waals surface area contributed by atoms with Gasteiger partial charge in [0.1, 0.15) is 5.56 Å². The molecule has 0 aliphatic heterocycles. The highest BCUT2D eigenvalue weighted by Gasteiger charge is 2.33. The molecule has 0 aliphatic rings. The maximum atomic E-state index is 14.3. The predicted molar refractivity (Wildman–Crippen MR) is 115 cm³/mol. The number of ether oxygens (including phenoxy) is 1. The Morgan fingerprint density at radius 2 is 1.60 bits per heavy atom. The number of aromatic nitrogens is 2. The van der Waals surface area contributed by atoms with Gasteiger partial charge in [0.25, 0.3) is 5.69 Å². The molecule has 0 fully saturated rings. The third kappa shape index (κ3) is 4.96. The number of rotatable bonds is 5. The summed E-state index contributed by atoms with van der Waals surface area (Å²) >= 11 is 5.96. The van der Waals surface area contributed by atoms with E-state index in [2.05, 4.69) is 5.10 Å². The summed E-state index contributed by atoms with van der Waals surface area (Å²) in [7, 11) is 0. The van der Waals surface area contributed by atoms with Crippen LogP contribution in [0.2, 0.25) is 5.02 Å². The zero-order valence-corrected chi connectivity index (χ0v) is 20.0. The number of aryl methyl sites for hydroxylation is 1. The first-order valence-corrected chi connectivity index (χ1v) is 10.8. The molecule has 2 aromatic carbocycles. The number of esters is 1. The maximum Gasteiger partial charge on any atom is 0.351 e. The second kappa shape index (κ2) is 9.46. The van der Waals surface area contributed by atoms with Crippen LogP contribution < -0.4 is 4.74 Å². The largest absolute Gasteiger partial charge is 0.403 e. The van der Waals surface area contributed by atoms with Crippen molar-refractivity contribution in [2.24, 2.45) is 0 Å². The predicted octanol–water partition coefficient (Wildman–Crippen LogP) is 6.57. The summed E-state index contributed by atoms with van der Waals surface area (Å²) in [6, 6.07) is 3.16. The number of benzene rings is 2. The number of carbonyl (C=O) groups is 1. The summed E-state index contributed by atoms with van der Waals surface area (Å²) in [5, 5.41) is 15.5. The van der Waals surface area contributed by atoms with Crippen LogP contribution in [0, 0.1) is 46.1 Å². The van der Waals surface area contributed by atoms with Gasteiger partial charge in [0.2, 0.25) is 11.7 Å². The molecule has 7 nitrogen and oxygen atoms in total. The van der Waals surface area contributed by atoms with E-state index >= 15 is 0 Å². The molecule has 0 atom stereocenters. The van der Waals surface area contributed by atoms with Gasteiger partial charge in [-0.3, -0.25) is 10.1 Å². The van der Waals surface area contributed by atoms with Crippen molar-refractivity contribution >= 4 is 35.0 Å². The Labute approximate surface area is 204 Å². The Balaban J connectivity index is 2.18. The van der Waals surface area contributed by atoms with Crippen molar-refractivity contribution in [3.63, 3.8) is 0 Å². The zero-order valence-electron chi connectivity index (χ0n) is 18.4. The van der Waals surface area contributed by atoms with Gasteiger partial charge in [-0.15, -0.1) is 0 Å². The smallest absolute Gasteiger partial charge is 0.351 e. The molecule has 0 saturated heterocycles. The minimum Gasteiger partial charge on any atom is -0.403 e.